The van der Waals surface area contributed by atoms with Crippen LogP contribution >= 0.6 is 0 Å². The summed E-state index contributed by atoms with van der Waals surface area (Å²) in [4.78, 5) is 13.2. The van der Waals surface area contributed by atoms with Crippen LogP contribution in [0.15, 0.2) is 53.8 Å². The normalized spacial score (nSPS) is 14.1. The van der Waals surface area contributed by atoms with Gasteiger partial charge in [0.25, 0.3) is 5.69 Å². The van der Waals surface area contributed by atoms with Crippen LogP contribution in [-0.2, 0) is 0 Å². The van der Waals surface area contributed by atoms with E-state index in [0.29, 0.717) is 17.1 Å². The first kappa shape index (κ1) is 16.9. The Kier molecular flexibility index (Phi) is 4.61. The minimum atomic E-state index is -0.339. The van der Waals surface area contributed by atoms with E-state index in [1.165, 1.54) is 0 Å². The molecule has 1 aliphatic heterocycles. The van der Waals surface area contributed by atoms with Gasteiger partial charge in [0, 0.05) is 35.5 Å². The van der Waals surface area contributed by atoms with Gasteiger partial charge in [0.1, 0.15) is 5.69 Å². The van der Waals surface area contributed by atoms with Crippen molar-refractivity contribution < 1.29 is 4.92 Å². The van der Waals surface area contributed by atoms with Crippen molar-refractivity contribution in [3.05, 3.63) is 64.3 Å². The predicted octanol–water partition coefficient (Wildman–Crippen LogP) is 3.58. The van der Waals surface area contributed by atoms with Gasteiger partial charge in [-0.15, -0.1) is 5.10 Å². The molecule has 1 N–H and O–H groups in total. The molecule has 0 aliphatic carbocycles. The number of nitrogens with one attached hydrogen (secondary N) is 1. The lowest BCUT2D eigenvalue weighted by atomic mass is 10.1. The Morgan fingerprint density at radius 3 is 2.81 bits per heavy atom. The van der Waals surface area contributed by atoms with Crippen LogP contribution in [0.25, 0.3) is 10.8 Å². The molecule has 27 heavy (non-hydrogen) atoms. The molecule has 0 atom stereocenters. The van der Waals surface area contributed by atoms with Gasteiger partial charge in [0.15, 0.2) is 5.82 Å². The van der Waals surface area contributed by atoms with E-state index in [-0.39, 0.29) is 10.6 Å². The van der Waals surface area contributed by atoms with Gasteiger partial charge in [-0.05, 0) is 18.9 Å². The fourth-order valence-electron chi connectivity index (χ4n) is 3.27. The highest BCUT2D eigenvalue weighted by molar-refractivity contribution is 5.91. The van der Waals surface area contributed by atoms with E-state index in [1.54, 1.807) is 24.5 Å². The number of anilines is 2. The standard InChI is InChI=1S/C19H18N6O2/c26-25(27)18-11-14(7-8-17(18)24-9-3-4-10-24)12-20-22-19-16-6-2-1-5-15(16)13-21-23-19/h1-2,5-8,11-13H,3-4,9-10H2,(H,22,23)/b20-12-. The topological polar surface area (TPSA) is 96.5 Å². The van der Waals surface area contributed by atoms with E-state index >= 15 is 0 Å². The van der Waals surface area contributed by atoms with Gasteiger partial charge in [0.2, 0.25) is 0 Å². The van der Waals surface area contributed by atoms with Crippen molar-refractivity contribution in [1.82, 2.24) is 10.2 Å². The summed E-state index contributed by atoms with van der Waals surface area (Å²) in [5.74, 6) is 0.535. The van der Waals surface area contributed by atoms with Gasteiger partial charge in [-0.3, -0.25) is 15.5 Å². The van der Waals surface area contributed by atoms with E-state index < -0.39 is 0 Å². The molecule has 0 saturated carbocycles. The van der Waals surface area contributed by atoms with Crippen molar-refractivity contribution >= 4 is 34.2 Å². The molecule has 0 unspecified atom stereocenters. The number of hydrogen-bond acceptors (Lipinski definition) is 7. The summed E-state index contributed by atoms with van der Waals surface area (Å²) in [5.41, 5.74) is 4.29. The van der Waals surface area contributed by atoms with Crippen LogP contribution in [0.1, 0.15) is 18.4 Å². The lowest BCUT2D eigenvalue weighted by Gasteiger charge is -2.17. The highest BCUT2D eigenvalue weighted by Gasteiger charge is 2.22. The van der Waals surface area contributed by atoms with Gasteiger partial charge >= 0.3 is 0 Å². The molecule has 4 rings (SSSR count). The molecule has 0 bridgehead atoms. The molecule has 1 fully saturated rings. The number of hydrazone groups is 1. The number of rotatable bonds is 5. The highest BCUT2D eigenvalue weighted by atomic mass is 16.6. The summed E-state index contributed by atoms with van der Waals surface area (Å²) in [7, 11) is 0. The molecular weight excluding hydrogens is 344 g/mol. The van der Waals surface area contributed by atoms with Crippen LogP contribution in [0, 0.1) is 10.1 Å². The maximum atomic E-state index is 11.5. The second kappa shape index (κ2) is 7.36. The Bertz CT molecular complexity index is 1010. The van der Waals surface area contributed by atoms with Crippen LogP contribution in [0.5, 0.6) is 0 Å². The Morgan fingerprint density at radius 2 is 2.00 bits per heavy atom. The van der Waals surface area contributed by atoms with Crippen molar-refractivity contribution in [2.45, 2.75) is 12.8 Å². The summed E-state index contributed by atoms with van der Waals surface area (Å²) in [6.45, 7) is 1.71. The molecule has 8 nitrogen and oxygen atoms in total. The van der Waals surface area contributed by atoms with Crippen molar-refractivity contribution in [3.63, 3.8) is 0 Å². The zero-order chi connectivity index (χ0) is 18.6. The fraction of sp³-hybridized carbons (Fsp3) is 0.211. The number of aromatic nitrogens is 2. The number of nitrogens with zero attached hydrogens (tertiary/aromatic N) is 5. The van der Waals surface area contributed by atoms with Crippen molar-refractivity contribution in [2.24, 2.45) is 5.10 Å². The van der Waals surface area contributed by atoms with E-state index in [9.17, 15) is 10.1 Å². The number of benzene rings is 2. The first-order chi connectivity index (χ1) is 13.2. The summed E-state index contributed by atoms with van der Waals surface area (Å²) < 4.78 is 0. The van der Waals surface area contributed by atoms with E-state index in [0.717, 1.165) is 36.7 Å². The Morgan fingerprint density at radius 1 is 1.19 bits per heavy atom. The van der Waals surface area contributed by atoms with Gasteiger partial charge in [0.05, 0.1) is 17.3 Å². The maximum absolute atomic E-state index is 11.5. The van der Waals surface area contributed by atoms with Crippen molar-refractivity contribution in [1.29, 1.82) is 0 Å². The van der Waals surface area contributed by atoms with Crippen LogP contribution < -0.4 is 10.3 Å². The van der Waals surface area contributed by atoms with E-state index in [1.807, 2.05) is 30.3 Å². The third-order valence-corrected chi connectivity index (χ3v) is 4.60. The number of nitro benzene ring substituents is 1. The number of nitro groups is 1. The van der Waals surface area contributed by atoms with Crippen molar-refractivity contribution in [3.8, 4) is 0 Å². The quantitative estimate of drug-likeness (QED) is 0.423. The van der Waals surface area contributed by atoms with Crippen LogP contribution in [0.2, 0.25) is 0 Å². The molecule has 0 amide bonds. The summed E-state index contributed by atoms with van der Waals surface area (Å²) >= 11 is 0. The average Bonchev–Trinajstić information content (AvgIpc) is 3.23. The lowest BCUT2D eigenvalue weighted by molar-refractivity contribution is -0.384. The Labute approximate surface area is 155 Å². The van der Waals surface area contributed by atoms with Gasteiger partial charge in [-0.2, -0.15) is 10.2 Å². The van der Waals surface area contributed by atoms with E-state index in [2.05, 4.69) is 25.6 Å². The monoisotopic (exact) mass is 362 g/mol. The third kappa shape index (κ3) is 3.55. The lowest BCUT2D eigenvalue weighted by Crippen LogP contribution is -2.19. The smallest absolute Gasteiger partial charge is 0.293 e. The molecule has 3 aromatic rings. The number of fused-ring (bicyclic) bond motifs is 1. The Balaban J connectivity index is 1.56. The second-order valence-corrected chi connectivity index (χ2v) is 6.35. The third-order valence-electron chi connectivity index (χ3n) is 4.60. The first-order valence-electron chi connectivity index (χ1n) is 8.75. The molecule has 2 aromatic carbocycles. The van der Waals surface area contributed by atoms with Gasteiger partial charge in [-0.1, -0.05) is 30.3 Å². The summed E-state index contributed by atoms with van der Waals surface area (Å²) in [6.07, 6.45) is 5.36. The molecule has 8 heteroatoms. The molecule has 2 heterocycles. The molecule has 0 radical (unpaired) electrons. The molecule has 0 spiro atoms. The summed E-state index contributed by atoms with van der Waals surface area (Å²) in [6, 6.07) is 12.9. The molecule has 136 valence electrons. The van der Waals surface area contributed by atoms with Crippen molar-refractivity contribution in [2.75, 3.05) is 23.4 Å². The second-order valence-electron chi connectivity index (χ2n) is 6.35. The number of hydrogen-bond donors (Lipinski definition) is 1. The predicted molar refractivity (Wildman–Crippen MR) is 105 cm³/mol. The zero-order valence-electron chi connectivity index (χ0n) is 14.6. The Hall–Kier alpha value is -3.55. The minimum Gasteiger partial charge on any atom is -0.366 e. The highest BCUT2D eigenvalue weighted by Crippen LogP contribution is 2.31. The first-order valence-corrected chi connectivity index (χ1v) is 8.75. The minimum absolute atomic E-state index is 0.103. The fourth-order valence-corrected chi connectivity index (χ4v) is 3.27. The van der Waals surface area contributed by atoms with Crippen LogP contribution in [0.4, 0.5) is 17.2 Å². The molecular formula is C19H18N6O2. The summed E-state index contributed by atoms with van der Waals surface area (Å²) in [5, 5.41) is 25.5. The van der Waals surface area contributed by atoms with Crippen LogP contribution in [0.3, 0.4) is 0 Å². The van der Waals surface area contributed by atoms with Gasteiger partial charge in [-0.25, -0.2) is 0 Å². The zero-order valence-corrected chi connectivity index (χ0v) is 14.6. The van der Waals surface area contributed by atoms with Crippen LogP contribution in [-0.4, -0.2) is 34.4 Å². The maximum Gasteiger partial charge on any atom is 0.293 e. The molecule has 1 saturated heterocycles. The molecule has 1 aromatic heterocycles. The SMILES string of the molecule is O=[N+]([O-])c1cc(/C=N\Nc2nncc3ccccc23)ccc1N1CCCC1. The van der Waals surface area contributed by atoms with Gasteiger partial charge < -0.3 is 4.90 Å². The van der Waals surface area contributed by atoms with E-state index in [4.69, 9.17) is 0 Å². The largest absolute Gasteiger partial charge is 0.366 e. The average molecular weight is 362 g/mol. The molecule has 1 aliphatic rings.